The highest BCUT2D eigenvalue weighted by Crippen LogP contribution is 2.36. The first-order valence-electron chi connectivity index (χ1n) is 5.93. The maximum absolute atomic E-state index is 5.82. The number of hydrogen-bond donors (Lipinski definition) is 1. The van der Waals surface area contributed by atoms with Crippen molar-refractivity contribution in [1.29, 1.82) is 0 Å². The van der Waals surface area contributed by atoms with E-state index in [0.29, 0.717) is 29.5 Å². The van der Waals surface area contributed by atoms with Crippen LogP contribution >= 0.6 is 0 Å². The van der Waals surface area contributed by atoms with Crippen LogP contribution in [-0.4, -0.2) is 14.2 Å². The van der Waals surface area contributed by atoms with Crippen LogP contribution in [0, 0.1) is 0 Å². The van der Waals surface area contributed by atoms with Gasteiger partial charge < -0.3 is 19.9 Å². The summed E-state index contributed by atoms with van der Waals surface area (Å²) in [4.78, 5) is 0. The van der Waals surface area contributed by atoms with Crippen molar-refractivity contribution < 1.29 is 14.2 Å². The second-order valence-corrected chi connectivity index (χ2v) is 4.02. The lowest BCUT2D eigenvalue weighted by atomic mass is 10.2. The summed E-state index contributed by atoms with van der Waals surface area (Å²) in [6.07, 6.45) is 0. The number of benzene rings is 2. The van der Waals surface area contributed by atoms with Crippen molar-refractivity contribution in [2.45, 2.75) is 6.61 Å². The van der Waals surface area contributed by atoms with Gasteiger partial charge in [-0.1, -0.05) is 30.3 Å². The molecule has 0 aromatic heterocycles. The molecule has 0 aliphatic carbocycles. The van der Waals surface area contributed by atoms with Gasteiger partial charge in [0.2, 0.25) is 0 Å². The van der Waals surface area contributed by atoms with Crippen molar-refractivity contribution in [1.82, 2.24) is 0 Å². The molecular weight excluding hydrogens is 242 g/mol. The zero-order valence-electron chi connectivity index (χ0n) is 11.1. The van der Waals surface area contributed by atoms with Crippen LogP contribution in [0.2, 0.25) is 0 Å². The van der Waals surface area contributed by atoms with Crippen molar-refractivity contribution in [3.05, 3.63) is 48.0 Å². The lowest BCUT2D eigenvalue weighted by Crippen LogP contribution is -2.00. The molecule has 0 unspecified atom stereocenters. The third-order valence-electron chi connectivity index (χ3n) is 2.75. The van der Waals surface area contributed by atoms with E-state index in [4.69, 9.17) is 19.9 Å². The van der Waals surface area contributed by atoms with E-state index in [1.54, 1.807) is 26.4 Å². The minimum Gasteiger partial charge on any atom is -0.494 e. The van der Waals surface area contributed by atoms with E-state index in [1.165, 1.54) is 0 Å². The molecule has 0 aliphatic rings. The van der Waals surface area contributed by atoms with Gasteiger partial charge in [0.25, 0.3) is 0 Å². The van der Waals surface area contributed by atoms with Gasteiger partial charge in [-0.2, -0.15) is 0 Å². The van der Waals surface area contributed by atoms with E-state index in [9.17, 15) is 0 Å². The van der Waals surface area contributed by atoms with Crippen LogP contribution < -0.4 is 19.9 Å². The van der Waals surface area contributed by atoms with Crippen LogP contribution in [0.25, 0.3) is 0 Å². The Hall–Kier alpha value is -2.36. The molecule has 2 aromatic carbocycles. The molecule has 0 amide bonds. The molecule has 0 spiro atoms. The number of nitrogen functional groups attached to an aromatic ring is 1. The predicted molar refractivity (Wildman–Crippen MR) is 74.7 cm³/mol. The molecule has 0 bridgehead atoms. The molecule has 0 saturated heterocycles. The molecular formula is C15H17NO3. The van der Waals surface area contributed by atoms with Gasteiger partial charge in [-0.25, -0.2) is 0 Å². The van der Waals surface area contributed by atoms with Crippen molar-refractivity contribution in [2.24, 2.45) is 0 Å². The van der Waals surface area contributed by atoms with Crippen LogP contribution in [0.15, 0.2) is 42.5 Å². The Kier molecular flexibility index (Phi) is 4.13. The Morgan fingerprint density at radius 2 is 1.58 bits per heavy atom. The Morgan fingerprint density at radius 3 is 2.21 bits per heavy atom. The van der Waals surface area contributed by atoms with Crippen LogP contribution in [-0.2, 0) is 6.61 Å². The van der Waals surface area contributed by atoms with Crippen molar-refractivity contribution in [3.8, 4) is 17.2 Å². The van der Waals surface area contributed by atoms with E-state index in [2.05, 4.69) is 0 Å². The fraction of sp³-hybridized carbons (Fsp3) is 0.200. The Morgan fingerprint density at radius 1 is 0.895 bits per heavy atom. The average molecular weight is 259 g/mol. The zero-order chi connectivity index (χ0) is 13.7. The minimum absolute atomic E-state index is 0.463. The summed E-state index contributed by atoms with van der Waals surface area (Å²) in [5.41, 5.74) is 7.43. The third kappa shape index (κ3) is 3.10. The molecule has 19 heavy (non-hydrogen) atoms. The van der Waals surface area contributed by atoms with E-state index >= 15 is 0 Å². The first-order chi connectivity index (χ1) is 9.24. The zero-order valence-corrected chi connectivity index (χ0v) is 11.1. The standard InChI is InChI=1S/C15H17NO3/c1-17-13-9-15(14(18-2)8-12(13)16)19-10-11-6-4-3-5-7-11/h3-9H,10,16H2,1-2H3. The van der Waals surface area contributed by atoms with Crippen molar-refractivity contribution in [2.75, 3.05) is 20.0 Å². The van der Waals surface area contributed by atoms with E-state index < -0.39 is 0 Å². The topological polar surface area (TPSA) is 53.7 Å². The molecule has 2 rings (SSSR count). The van der Waals surface area contributed by atoms with Crippen molar-refractivity contribution in [3.63, 3.8) is 0 Å². The summed E-state index contributed by atoms with van der Waals surface area (Å²) in [5.74, 6) is 1.77. The molecule has 2 aromatic rings. The first-order valence-corrected chi connectivity index (χ1v) is 5.93. The number of rotatable bonds is 5. The largest absolute Gasteiger partial charge is 0.494 e. The van der Waals surface area contributed by atoms with Gasteiger partial charge in [0.05, 0.1) is 19.9 Å². The van der Waals surface area contributed by atoms with E-state index in [1.807, 2.05) is 30.3 Å². The van der Waals surface area contributed by atoms with Gasteiger partial charge in [-0.15, -0.1) is 0 Å². The van der Waals surface area contributed by atoms with Gasteiger partial charge in [-0.05, 0) is 5.56 Å². The maximum Gasteiger partial charge on any atom is 0.165 e. The number of methoxy groups -OCH3 is 2. The monoisotopic (exact) mass is 259 g/mol. The van der Waals surface area contributed by atoms with Gasteiger partial charge in [0.15, 0.2) is 11.5 Å². The Labute approximate surface area is 112 Å². The molecule has 0 atom stereocenters. The van der Waals surface area contributed by atoms with E-state index in [-0.39, 0.29) is 0 Å². The summed E-state index contributed by atoms with van der Waals surface area (Å²) in [5, 5.41) is 0. The fourth-order valence-electron chi connectivity index (χ4n) is 1.74. The van der Waals surface area contributed by atoms with Crippen LogP contribution in [0.3, 0.4) is 0 Å². The molecule has 100 valence electrons. The summed E-state index contributed by atoms with van der Waals surface area (Å²) >= 11 is 0. The highest BCUT2D eigenvalue weighted by atomic mass is 16.5. The molecule has 0 radical (unpaired) electrons. The van der Waals surface area contributed by atoms with Gasteiger partial charge in [0, 0.05) is 12.1 Å². The van der Waals surface area contributed by atoms with E-state index in [0.717, 1.165) is 5.56 Å². The predicted octanol–water partition coefficient (Wildman–Crippen LogP) is 2.87. The Balaban J connectivity index is 2.19. The number of anilines is 1. The lowest BCUT2D eigenvalue weighted by Gasteiger charge is -2.13. The summed E-state index contributed by atoms with van der Waals surface area (Å²) in [6.45, 7) is 0.463. The number of hydrogen-bond acceptors (Lipinski definition) is 4. The normalized spacial score (nSPS) is 10.0. The second kappa shape index (κ2) is 6.00. The van der Waals surface area contributed by atoms with Gasteiger partial charge in [-0.3, -0.25) is 0 Å². The first kappa shape index (κ1) is 13.1. The van der Waals surface area contributed by atoms with Crippen LogP contribution in [0.5, 0.6) is 17.2 Å². The van der Waals surface area contributed by atoms with Crippen molar-refractivity contribution >= 4 is 5.69 Å². The van der Waals surface area contributed by atoms with Gasteiger partial charge in [0.1, 0.15) is 12.4 Å². The second-order valence-electron chi connectivity index (χ2n) is 4.02. The third-order valence-corrected chi connectivity index (χ3v) is 2.75. The lowest BCUT2D eigenvalue weighted by molar-refractivity contribution is 0.282. The number of ether oxygens (including phenoxy) is 3. The average Bonchev–Trinajstić information content (AvgIpc) is 2.46. The molecule has 0 aliphatic heterocycles. The summed E-state index contributed by atoms with van der Waals surface area (Å²) in [7, 11) is 3.15. The molecule has 0 fully saturated rings. The summed E-state index contributed by atoms with van der Waals surface area (Å²) in [6, 6.07) is 13.3. The van der Waals surface area contributed by atoms with Crippen LogP contribution in [0.1, 0.15) is 5.56 Å². The SMILES string of the molecule is COc1cc(OCc2ccccc2)c(OC)cc1N. The quantitative estimate of drug-likeness (QED) is 0.839. The molecule has 2 N–H and O–H groups in total. The molecule has 4 nitrogen and oxygen atoms in total. The molecule has 0 saturated carbocycles. The highest BCUT2D eigenvalue weighted by molar-refractivity contribution is 5.61. The molecule has 4 heteroatoms. The highest BCUT2D eigenvalue weighted by Gasteiger charge is 2.10. The maximum atomic E-state index is 5.82. The molecule has 0 heterocycles. The number of nitrogens with two attached hydrogens (primary N) is 1. The van der Waals surface area contributed by atoms with Gasteiger partial charge >= 0.3 is 0 Å². The van der Waals surface area contributed by atoms with Crippen LogP contribution in [0.4, 0.5) is 5.69 Å². The smallest absolute Gasteiger partial charge is 0.165 e. The minimum atomic E-state index is 0.463. The Bertz CT molecular complexity index is 541. The fourth-order valence-corrected chi connectivity index (χ4v) is 1.74. The summed E-state index contributed by atoms with van der Waals surface area (Å²) < 4.78 is 16.2.